The zero-order chi connectivity index (χ0) is 13.5. The van der Waals surface area contributed by atoms with Crippen LogP contribution >= 0.6 is 11.6 Å². The summed E-state index contributed by atoms with van der Waals surface area (Å²) in [6.07, 6.45) is 0.318. The molecule has 0 saturated heterocycles. The van der Waals surface area contributed by atoms with Crippen LogP contribution in [0.1, 0.15) is 19.4 Å². The molecule has 1 N–H and O–H groups in total. The molecule has 0 saturated carbocycles. The van der Waals surface area contributed by atoms with Crippen LogP contribution in [0.3, 0.4) is 0 Å². The van der Waals surface area contributed by atoms with Crippen molar-refractivity contribution in [3.8, 4) is 0 Å². The molecule has 0 radical (unpaired) electrons. The Morgan fingerprint density at radius 3 is 2.61 bits per heavy atom. The first kappa shape index (κ1) is 14.5. The zero-order valence-corrected chi connectivity index (χ0v) is 11.2. The van der Waals surface area contributed by atoms with Crippen molar-refractivity contribution < 1.29 is 14.3 Å². The van der Waals surface area contributed by atoms with Gasteiger partial charge in [-0.1, -0.05) is 29.8 Å². The van der Waals surface area contributed by atoms with Crippen molar-refractivity contribution in [2.75, 3.05) is 6.61 Å². The molecule has 1 amide bonds. The lowest BCUT2D eigenvalue weighted by Gasteiger charge is -2.16. The summed E-state index contributed by atoms with van der Waals surface area (Å²) in [4.78, 5) is 22.8. The molecule has 1 atom stereocenters. The Bertz CT molecular complexity index is 434. The van der Waals surface area contributed by atoms with Crippen LogP contribution < -0.4 is 5.32 Å². The van der Waals surface area contributed by atoms with Crippen LogP contribution in [-0.2, 0) is 20.7 Å². The summed E-state index contributed by atoms with van der Waals surface area (Å²) in [6.45, 7) is 3.36. The predicted molar refractivity (Wildman–Crippen MR) is 69.4 cm³/mol. The minimum absolute atomic E-state index is 0.275. The van der Waals surface area contributed by atoms with Crippen LogP contribution in [0.2, 0.25) is 5.02 Å². The Morgan fingerprint density at radius 1 is 1.39 bits per heavy atom. The fraction of sp³-hybridized carbons (Fsp3) is 0.385. The maximum atomic E-state index is 11.7. The van der Waals surface area contributed by atoms with Gasteiger partial charge in [-0.25, -0.2) is 4.79 Å². The lowest BCUT2D eigenvalue weighted by Crippen LogP contribution is -2.42. The second kappa shape index (κ2) is 7.01. The summed E-state index contributed by atoms with van der Waals surface area (Å²) in [5.74, 6) is -0.729. The van der Waals surface area contributed by atoms with E-state index in [-0.39, 0.29) is 12.5 Å². The average molecular weight is 270 g/mol. The fourth-order valence-corrected chi connectivity index (χ4v) is 1.78. The predicted octanol–water partition coefficient (Wildman–Crippen LogP) is 1.95. The van der Waals surface area contributed by atoms with Gasteiger partial charge in [-0.15, -0.1) is 0 Å². The van der Waals surface area contributed by atoms with Gasteiger partial charge in [-0.05, 0) is 18.6 Å². The molecular formula is C13H16ClNO3. The number of benzene rings is 1. The lowest BCUT2D eigenvalue weighted by atomic mass is 10.1. The average Bonchev–Trinajstić information content (AvgIpc) is 2.31. The highest BCUT2D eigenvalue weighted by atomic mass is 35.5. The molecule has 0 spiro atoms. The van der Waals surface area contributed by atoms with E-state index in [1.54, 1.807) is 13.0 Å². The standard InChI is InChI=1S/C13H16ClNO3/c1-3-18-13(17)12(15-9(2)16)8-10-6-4-5-7-11(10)14/h4-7,12H,3,8H2,1-2H3,(H,15,16). The molecule has 1 rings (SSSR count). The van der Waals surface area contributed by atoms with E-state index >= 15 is 0 Å². The summed E-state index contributed by atoms with van der Waals surface area (Å²) in [7, 11) is 0. The molecular weight excluding hydrogens is 254 g/mol. The second-order valence-corrected chi connectivity index (χ2v) is 4.21. The molecule has 1 unspecified atom stereocenters. The van der Waals surface area contributed by atoms with E-state index in [1.165, 1.54) is 6.92 Å². The number of esters is 1. The number of nitrogens with one attached hydrogen (secondary N) is 1. The molecule has 1 aromatic rings. The molecule has 98 valence electrons. The first-order valence-corrected chi connectivity index (χ1v) is 6.09. The summed E-state index contributed by atoms with van der Waals surface area (Å²) in [5.41, 5.74) is 0.797. The van der Waals surface area contributed by atoms with Crippen LogP contribution in [-0.4, -0.2) is 24.5 Å². The number of amides is 1. The number of hydrogen-bond donors (Lipinski definition) is 1. The number of carbonyl (C=O) groups excluding carboxylic acids is 2. The van der Waals surface area contributed by atoms with Crippen molar-refractivity contribution >= 4 is 23.5 Å². The molecule has 0 aliphatic heterocycles. The van der Waals surface area contributed by atoms with Gasteiger partial charge in [0.05, 0.1) is 6.61 Å². The summed E-state index contributed by atoms with van der Waals surface area (Å²) in [5, 5.41) is 3.13. The third-order valence-electron chi connectivity index (χ3n) is 2.33. The Kier molecular flexibility index (Phi) is 5.65. The largest absolute Gasteiger partial charge is 0.464 e. The molecule has 0 aromatic heterocycles. The maximum Gasteiger partial charge on any atom is 0.328 e. The SMILES string of the molecule is CCOC(=O)C(Cc1ccccc1Cl)NC(C)=O. The van der Waals surface area contributed by atoms with Crippen molar-refractivity contribution in [2.45, 2.75) is 26.3 Å². The summed E-state index contributed by atoms with van der Waals surface area (Å²) < 4.78 is 4.92. The van der Waals surface area contributed by atoms with Gasteiger partial charge < -0.3 is 10.1 Å². The van der Waals surface area contributed by atoms with Crippen molar-refractivity contribution in [1.82, 2.24) is 5.32 Å². The van der Waals surface area contributed by atoms with Crippen LogP contribution in [0, 0.1) is 0 Å². The number of ether oxygens (including phenoxy) is 1. The maximum absolute atomic E-state index is 11.7. The number of rotatable bonds is 5. The molecule has 18 heavy (non-hydrogen) atoms. The Labute approximate surface area is 111 Å². The fourth-order valence-electron chi connectivity index (χ4n) is 1.57. The number of carbonyl (C=O) groups is 2. The molecule has 4 nitrogen and oxygen atoms in total. The van der Waals surface area contributed by atoms with E-state index < -0.39 is 12.0 Å². The van der Waals surface area contributed by atoms with Crippen molar-refractivity contribution in [2.24, 2.45) is 0 Å². The molecule has 0 heterocycles. The molecule has 1 aromatic carbocycles. The van der Waals surface area contributed by atoms with Crippen LogP contribution in [0.5, 0.6) is 0 Å². The van der Waals surface area contributed by atoms with Gasteiger partial charge in [-0.2, -0.15) is 0 Å². The Morgan fingerprint density at radius 2 is 2.06 bits per heavy atom. The minimum Gasteiger partial charge on any atom is -0.464 e. The van der Waals surface area contributed by atoms with E-state index in [9.17, 15) is 9.59 Å². The third kappa shape index (κ3) is 4.37. The Hall–Kier alpha value is -1.55. The van der Waals surface area contributed by atoms with Gasteiger partial charge in [0.1, 0.15) is 6.04 Å². The molecule has 0 aliphatic carbocycles. The van der Waals surface area contributed by atoms with Gasteiger partial charge in [0.15, 0.2) is 0 Å². The topological polar surface area (TPSA) is 55.4 Å². The van der Waals surface area contributed by atoms with Crippen molar-refractivity contribution in [1.29, 1.82) is 0 Å². The van der Waals surface area contributed by atoms with Gasteiger partial charge in [0.25, 0.3) is 0 Å². The van der Waals surface area contributed by atoms with Gasteiger partial charge >= 0.3 is 5.97 Å². The van der Waals surface area contributed by atoms with Crippen molar-refractivity contribution in [3.63, 3.8) is 0 Å². The van der Waals surface area contributed by atoms with Crippen LogP contribution in [0.15, 0.2) is 24.3 Å². The minimum atomic E-state index is -0.706. The van der Waals surface area contributed by atoms with E-state index in [1.807, 2.05) is 18.2 Å². The first-order chi connectivity index (χ1) is 8.54. The van der Waals surface area contributed by atoms with E-state index in [2.05, 4.69) is 5.32 Å². The molecule has 0 aliphatic rings. The summed E-state index contributed by atoms with van der Waals surface area (Å²) >= 11 is 6.02. The smallest absolute Gasteiger partial charge is 0.328 e. The van der Waals surface area contributed by atoms with E-state index in [0.717, 1.165) is 5.56 Å². The van der Waals surface area contributed by atoms with E-state index in [0.29, 0.717) is 11.4 Å². The number of halogens is 1. The molecule has 0 bridgehead atoms. The highest BCUT2D eigenvalue weighted by Gasteiger charge is 2.21. The van der Waals surface area contributed by atoms with Gasteiger partial charge in [0.2, 0.25) is 5.91 Å². The van der Waals surface area contributed by atoms with Gasteiger partial charge in [-0.3, -0.25) is 4.79 Å². The monoisotopic (exact) mass is 269 g/mol. The molecule has 5 heteroatoms. The first-order valence-electron chi connectivity index (χ1n) is 5.71. The van der Waals surface area contributed by atoms with Crippen molar-refractivity contribution in [3.05, 3.63) is 34.9 Å². The van der Waals surface area contributed by atoms with Crippen LogP contribution in [0.4, 0.5) is 0 Å². The number of hydrogen-bond acceptors (Lipinski definition) is 3. The third-order valence-corrected chi connectivity index (χ3v) is 2.70. The quantitative estimate of drug-likeness (QED) is 0.832. The van der Waals surface area contributed by atoms with Crippen LogP contribution in [0.25, 0.3) is 0 Å². The highest BCUT2D eigenvalue weighted by Crippen LogP contribution is 2.17. The Balaban J connectivity index is 2.81. The normalized spacial score (nSPS) is 11.7. The highest BCUT2D eigenvalue weighted by molar-refractivity contribution is 6.31. The summed E-state index contributed by atoms with van der Waals surface area (Å²) in [6, 6.07) is 6.49. The van der Waals surface area contributed by atoms with E-state index in [4.69, 9.17) is 16.3 Å². The van der Waals surface area contributed by atoms with Gasteiger partial charge in [0, 0.05) is 18.4 Å². The molecule has 0 fully saturated rings. The lowest BCUT2D eigenvalue weighted by molar-refractivity contribution is -0.147. The second-order valence-electron chi connectivity index (χ2n) is 3.80. The zero-order valence-electron chi connectivity index (χ0n) is 10.4.